The molecule has 4 aromatic rings. The van der Waals surface area contributed by atoms with Gasteiger partial charge in [0.2, 0.25) is 0 Å². The van der Waals surface area contributed by atoms with Gasteiger partial charge in [-0.3, -0.25) is 14.5 Å². The van der Waals surface area contributed by atoms with Crippen LogP contribution in [-0.2, 0) is 11.2 Å². The van der Waals surface area contributed by atoms with Crippen molar-refractivity contribution in [1.29, 1.82) is 0 Å². The second-order valence-corrected chi connectivity index (χ2v) is 11.5. The SMILES string of the molecule is O=C(NC1CCCCCCC1)c1ccccc1N1C(=O)[C@@H]2Cc3c([nH]c4ccccc34)[C@H](c3ccccc3)N2C1=O. The molecule has 41 heavy (non-hydrogen) atoms. The average molecular weight is 547 g/mol. The number of nitrogens with one attached hydrogen (secondary N) is 2. The molecule has 2 atom stereocenters. The summed E-state index contributed by atoms with van der Waals surface area (Å²) < 4.78 is 0. The number of hydrogen-bond acceptors (Lipinski definition) is 3. The Balaban J connectivity index is 1.26. The van der Waals surface area contributed by atoms with Crippen LogP contribution >= 0.6 is 0 Å². The number of para-hydroxylation sites is 2. The van der Waals surface area contributed by atoms with E-state index in [2.05, 4.69) is 16.4 Å². The molecule has 0 bridgehead atoms. The third-order valence-corrected chi connectivity index (χ3v) is 8.99. The van der Waals surface area contributed by atoms with E-state index in [1.807, 2.05) is 48.5 Å². The number of carbonyl (C=O) groups is 3. The molecule has 1 aliphatic carbocycles. The summed E-state index contributed by atoms with van der Waals surface area (Å²) in [4.78, 5) is 48.6. The van der Waals surface area contributed by atoms with Crippen molar-refractivity contribution < 1.29 is 14.4 Å². The van der Waals surface area contributed by atoms with Gasteiger partial charge in [-0.1, -0.05) is 92.8 Å². The van der Waals surface area contributed by atoms with Crippen LogP contribution in [0.15, 0.2) is 78.9 Å². The number of fused-ring (bicyclic) bond motifs is 4. The van der Waals surface area contributed by atoms with E-state index in [9.17, 15) is 14.4 Å². The van der Waals surface area contributed by atoms with Gasteiger partial charge in [0.15, 0.2) is 0 Å². The predicted octanol–water partition coefficient (Wildman–Crippen LogP) is 6.49. The number of carbonyl (C=O) groups excluding carboxylic acids is 3. The topological polar surface area (TPSA) is 85.5 Å². The minimum atomic E-state index is -0.666. The fourth-order valence-electron chi connectivity index (χ4n) is 7.00. The number of aromatic nitrogens is 1. The highest BCUT2D eigenvalue weighted by Gasteiger charge is 2.53. The zero-order valence-electron chi connectivity index (χ0n) is 23.0. The highest BCUT2D eigenvalue weighted by Crippen LogP contribution is 2.45. The molecule has 2 N–H and O–H groups in total. The molecule has 2 fully saturated rings. The van der Waals surface area contributed by atoms with Gasteiger partial charge in [-0.25, -0.2) is 9.69 Å². The Morgan fingerprint density at radius 3 is 2.29 bits per heavy atom. The monoisotopic (exact) mass is 546 g/mol. The molecule has 1 aromatic heterocycles. The molecule has 4 amide bonds. The number of H-pyrrole nitrogens is 1. The summed E-state index contributed by atoms with van der Waals surface area (Å²) in [7, 11) is 0. The number of aromatic amines is 1. The first-order valence-corrected chi connectivity index (χ1v) is 14.8. The van der Waals surface area contributed by atoms with Crippen molar-refractivity contribution in [3.05, 3.63) is 101 Å². The average Bonchev–Trinajstić information content (AvgIpc) is 3.47. The van der Waals surface area contributed by atoms with Crippen LogP contribution in [0.25, 0.3) is 10.9 Å². The van der Waals surface area contributed by atoms with E-state index in [1.165, 1.54) is 24.2 Å². The first kappa shape index (κ1) is 25.6. The zero-order chi connectivity index (χ0) is 27.9. The Bertz CT molecular complexity index is 1620. The Morgan fingerprint density at radius 2 is 1.49 bits per heavy atom. The highest BCUT2D eigenvalue weighted by molar-refractivity contribution is 6.24. The van der Waals surface area contributed by atoms with Crippen LogP contribution in [0.1, 0.15) is 78.2 Å². The van der Waals surface area contributed by atoms with E-state index in [0.717, 1.165) is 53.4 Å². The number of anilines is 1. The fraction of sp³-hybridized carbons (Fsp3) is 0.324. The molecule has 0 unspecified atom stereocenters. The third kappa shape index (κ3) is 4.40. The van der Waals surface area contributed by atoms with Gasteiger partial charge in [-0.2, -0.15) is 0 Å². The molecule has 208 valence electrons. The van der Waals surface area contributed by atoms with Crippen LogP contribution in [0, 0.1) is 0 Å². The predicted molar refractivity (Wildman–Crippen MR) is 159 cm³/mol. The van der Waals surface area contributed by atoms with Gasteiger partial charge in [0.25, 0.3) is 11.8 Å². The number of rotatable bonds is 4. The normalized spacial score (nSPS) is 21.4. The molecular formula is C34H34N4O3. The van der Waals surface area contributed by atoms with Crippen LogP contribution in [0.2, 0.25) is 0 Å². The summed E-state index contributed by atoms with van der Waals surface area (Å²) in [6.07, 6.45) is 8.16. The smallest absolute Gasteiger partial charge is 0.332 e. The molecule has 1 saturated carbocycles. The lowest BCUT2D eigenvalue weighted by Gasteiger charge is -2.36. The molecule has 3 aliphatic rings. The zero-order valence-corrected chi connectivity index (χ0v) is 23.0. The quantitative estimate of drug-likeness (QED) is 0.287. The van der Waals surface area contributed by atoms with Gasteiger partial charge in [-0.05, 0) is 42.2 Å². The Hall–Kier alpha value is -4.39. The van der Waals surface area contributed by atoms with E-state index in [-0.39, 0.29) is 17.9 Å². The first-order valence-electron chi connectivity index (χ1n) is 14.8. The van der Waals surface area contributed by atoms with Crippen LogP contribution in [0.5, 0.6) is 0 Å². The van der Waals surface area contributed by atoms with Crippen molar-refractivity contribution in [3.63, 3.8) is 0 Å². The van der Waals surface area contributed by atoms with Crippen LogP contribution < -0.4 is 10.2 Å². The summed E-state index contributed by atoms with van der Waals surface area (Å²) in [5, 5.41) is 4.29. The molecule has 0 spiro atoms. The fourth-order valence-corrected chi connectivity index (χ4v) is 7.00. The third-order valence-electron chi connectivity index (χ3n) is 8.99. The van der Waals surface area contributed by atoms with Gasteiger partial charge >= 0.3 is 6.03 Å². The summed E-state index contributed by atoms with van der Waals surface area (Å²) in [6.45, 7) is 0. The number of nitrogens with zero attached hydrogens (tertiary/aromatic N) is 2. The van der Waals surface area contributed by atoms with Gasteiger partial charge < -0.3 is 10.3 Å². The minimum Gasteiger partial charge on any atom is -0.356 e. The van der Waals surface area contributed by atoms with E-state index in [0.29, 0.717) is 17.7 Å². The molecular weight excluding hydrogens is 512 g/mol. The summed E-state index contributed by atoms with van der Waals surface area (Å²) in [5.41, 5.74) is 4.63. The number of benzene rings is 3. The second kappa shape index (κ2) is 10.5. The summed E-state index contributed by atoms with van der Waals surface area (Å²) >= 11 is 0. The maximum atomic E-state index is 14.3. The maximum absolute atomic E-state index is 14.3. The van der Waals surface area contributed by atoms with Crippen molar-refractivity contribution in [2.75, 3.05) is 4.90 Å². The number of hydrogen-bond donors (Lipinski definition) is 2. The van der Waals surface area contributed by atoms with Crippen molar-refractivity contribution in [2.45, 2.75) is 69.5 Å². The number of urea groups is 1. The van der Waals surface area contributed by atoms with E-state index >= 15 is 0 Å². The standard InChI is InChI=1S/C34H34N4O3/c39-32(35-23-15-7-2-1-3-8-16-23)25-18-10-12-20-28(25)38-33(40)29-21-26-24-17-9-11-19-27(24)36-30(26)31(37(29)34(38)41)22-13-5-4-6-14-22/h4-6,9-14,17-20,23,29,31,36H,1-3,7-8,15-16,21H2,(H,35,39)/t29-,31-/m0/s1. The largest absolute Gasteiger partial charge is 0.356 e. The van der Waals surface area contributed by atoms with Gasteiger partial charge in [0.1, 0.15) is 12.1 Å². The Morgan fingerprint density at radius 1 is 0.805 bits per heavy atom. The second-order valence-electron chi connectivity index (χ2n) is 11.5. The molecule has 3 heterocycles. The summed E-state index contributed by atoms with van der Waals surface area (Å²) in [6, 6.07) is 23.5. The van der Waals surface area contributed by atoms with Gasteiger partial charge in [0.05, 0.1) is 11.3 Å². The van der Waals surface area contributed by atoms with Crippen molar-refractivity contribution >= 4 is 34.4 Å². The maximum Gasteiger partial charge on any atom is 0.332 e. The van der Waals surface area contributed by atoms with E-state index < -0.39 is 18.1 Å². The van der Waals surface area contributed by atoms with Crippen molar-refractivity contribution in [1.82, 2.24) is 15.2 Å². The molecule has 2 aliphatic heterocycles. The lowest BCUT2D eigenvalue weighted by atomic mass is 9.89. The highest BCUT2D eigenvalue weighted by atomic mass is 16.2. The van der Waals surface area contributed by atoms with E-state index in [4.69, 9.17) is 0 Å². The molecule has 0 radical (unpaired) electrons. The Labute approximate surface area is 239 Å². The number of imide groups is 1. The number of amides is 4. The molecule has 3 aromatic carbocycles. The molecule has 7 nitrogen and oxygen atoms in total. The van der Waals surface area contributed by atoms with Crippen LogP contribution in [0.4, 0.5) is 10.5 Å². The van der Waals surface area contributed by atoms with E-state index in [1.54, 1.807) is 29.2 Å². The Kier molecular flexibility index (Phi) is 6.57. The molecule has 7 heteroatoms. The van der Waals surface area contributed by atoms with Crippen molar-refractivity contribution in [2.24, 2.45) is 0 Å². The minimum absolute atomic E-state index is 0.105. The van der Waals surface area contributed by atoms with Crippen LogP contribution in [0.3, 0.4) is 0 Å². The van der Waals surface area contributed by atoms with Gasteiger partial charge in [0, 0.05) is 29.1 Å². The van der Waals surface area contributed by atoms with Crippen molar-refractivity contribution in [3.8, 4) is 0 Å². The molecule has 7 rings (SSSR count). The lowest BCUT2D eigenvalue weighted by Crippen LogP contribution is -2.44. The first-order chi connectivity index (χ1) is 20.1. The lowest BCUT2D eigenvalue weighted by molar-refractivity contribution is -0.120. The van der Waals surface area contributed by atoms with Crippen LogP contribution in [-0.4, -0.2) is 39.8 Å². The van der Waals surface area contributed by atoms with Gasteiger partial charge in [-0.15, -0.1) is 0 Å². The summed E-state index contributed by atoms with van der Waals surface area (Å²) in [5.74, 6) is -0.523. The molecule has 1 saturated heterocycles.